The first-order valence-corrected chi connectivity index (χ1v) is 11.9. The quantitative estimate of drug-likeness (QED) is 0.303. The van der Waals surface area contributed by atoms with Crippen molar-refractivity contribution in [2.24, 2.45) is 0 Å². The molecule has 0 aliphatic heterocycles. The number of nitrogens with one attached hydrogen (secondary N) is 1. The van der Waals surface area contributed by atoms with Crippen LogP contribution in [0.4, 0.5) is 0 Å². The number of carbonyl (C=O) groups excluding carboxylic acids is 1. The van der Waals surface area contributed by atoms with Gasteiger partial charge in [0.25, 0.3) is 5.56 Å². The van der Waals surface area contributed by atoms with E-state index in [0.29, 0.717) is 35.3 Å². The number of fused-ring (bicyclic) bond motifs is 3. The third kappa shape index (κ3) is 4.85. The van der Waals surface area contributed by atoms with Gasteiger partial charge in [0.2, 0.25) is 11.7 Å². The molecule has 2 heterocycles. The van der Waals surface area contributed by atoms with Crippen LogP contribution in [0.25, 0.3) is 16.7 Å². The van der Waals surface area contributed by atoms with Crippen molar-refractivity contribution in [2.75, 3.05) is 12.3 Å². The van der Waals surface area contributed by atoms with Crippen LogP contribution in [0.15, 0.2) is 71.1 Å². The number of hydrogen-bond acceptors (Lipinski definition) is 5. The Hall–Kier alpha value is -3.39. The van der Waals surface area contributed by atoms with E-state index in [-0.39, 0.29) is 17.2 Å². The monoisotopic (exact) mass is 461 g/mol. The summed E-state index contributed by atoms with van der Waals surface area (Å²) in [4.78, 5) is 25.3. The smallest absolute Gasteiger partial charge is 0.263 e. The first kappa shape index (κ1) is 22.8. The molecule has 0 atom stereocenters. The van der Waals surface area contributed by atoms with Crippen LogP contribution < -0.4 is 10.9 Å². The lowest BCUT2D eigenvalue weighted by atomic mass is 10.0. The highest BCUT2D eigenvalue weighted by molar-refractivity contribution is 7.99. The molecule has 0 saturated heterocycles. The van der Waals surface area contributed by atoms with Crippen molar-refractivity contribution in [2.45, 2.75) is 37.9 Å². The molecule has 0 spiro atoms. The Labute approximate surface area is 196 Å². The van der Waals surface area contributed by atoms with E-state index in [0.717, 1.165) is 11.9 Å². The van der Waals surface area contributed by atoms with Gasteiger partial charge in [-0.25, -0.2) is 0 Å². The zero-order valence-corrected chi connectivity index (χ0v) is 19.6. The Balaban J connectivity index is 1.44. The lowest BCUT2D eigenvalue weighted by Crippen LogP contribution is -2.27. The van der Waals surface area contributed by atoms with Crippen molar-refractivity contribution in [1.29, 1.82) is 0 Å². The van der Waals surface area contributed by atoms with Crippen LogP contribution in [-0.4, -0.2) is 37.4 Å². The molecule has 0 saturated carbocycles. The van der Waals surface area contributed by atoms with Gasteiger partial charge in [-0.3, -0.25) is 18.6 Å². The van der Waals surface area contributed by atoms with E-state index < -0.39 is 0 Å². The molecule has 0 bridgehead atoms. The molecule has 8 heteroatoms. The summed E-state index contributed by atoms with van der Waals surface area (Å²) in [5.74, 6) is 1.08. The fourth-order valence-corrected chi connectivity index (χ4v) is 4.49. The largest absolute Gasteiger partial charge is 0.355 e. The number of amides is 1. The third-order valence-corrected chi connectivity index (χ3v) is 6.43. The Morgan fingerprint density at radius 3 is 2.64 bits per heavy atom. The van der Waals surface area contributed by atoms with Crippen molar-refractivity contribution in [1.82, 2.24) is 24.5 Å². The molecule has 0 radical (unpaired) electrons. The Morgan fingerprint density at radius 1 is 1.15 bits per heavy atom. The van der Waals surface area contributed by atoms with Gasteiger partial charge in [-0.2, -0.15) is 0 Å². The summed E-state index contributed by atoms with van der Waals surface area (Å²) in [5, 5.41) is 12.6. The fraction of sp³-hybridized carbons (Fsp3) is 0.280. The van der Waals surface area contributed by atoms with Crippen LogP contribution in [-0.2, 0) is 17.8 Å². The molecule has 1 amide bonds. The first-order chi connectivity index (χ1) is 16.0. The van der Waals surface area contributed by atoms with Crippen molar-refractivity contribution < 1.29 is 4.79 Å². The molecule has 4 aromatic rings. The second-order valence-corrected chi connectivity index (χ2v) is 9.07. The summed E-state index contributed by atoms with van der Waals surface area (Å²) in [5.41, 5.74) is 3.09. The van der Waals surface area contributed by atoms with E-state index in [4.69, 9.17) is 0 Å². The number of nitrogens with zero attached hydrogens (tertiary/aromatic N) is 4. The average Bonchev–Trinajstić information content (AvgIpc) is 3.25. The number of allylic oxidation sites excluding steroid dienone is 1. The normalized spacial score (nSPS) is 11.4. The van der Waals surface area contributed by atoms with E-state index in [1.54, 1.807) is 12.1 Å². The second kappa shape index (κ2) is 10.0. The van der Waals surface area contributed by atoms with E-state index in [1.807, 2.05) is 22.6 Å². The molecule has 170 valence electrons. The number of aromatic nitrogens is 4. The predicted octanol–water partition coefficient (Wildman–Crippen LogP) is 3.80. The maximum Gasteiger partial charge on any atom is 0.263 e. The molecule has 0 unspecified atom stereocenters. The molecule has 0 fully saturated rings. The molecule has 1 N–H and O–H groups in total. The molecule has 0 aliphatic rings. The summed E-state index contributed by atoms with van der Waals surface area (Å²) in [7, 11) is 0. The van der Waals surface area contributed by atoms with E-state index in [2.05, 4.69) is 60.2 Å². The van der Waals surface area contributed by atoms with Gasteiger partial charge >= 0.3 is 0 Å². The number of thioether (sulfide) groups is 1. The Bertz CT molecular complexity index is 1360. The molecule has 0 aliphatic carbocycles. The van der Waals surface area contributed by atoms with Gasteiger partial charge in [0.1, 0.15) is 0 Å². The Morgan fingerprint density at radius 2 is 1.91 bits per heavy atom. The topological polar surface area (TPSA) is 81.3 Å². The van der Waals surface area contributed by atoms with Crippen molar-refractivity contribution in [3.63, 3.8) is 0 Å². The highest BCUT2D eigenvalue weighted by Crippen LogP contribution is 2.21. The molecular formula is C25H27N5O2S. The van der Waals surface area contributed by atoms with E-state index in [9.17, 15) is 9.59 Å². The zero-order chi connectivity index (χ0) is 23.4. The van der Waals surface area contributed by atoms with Crippen LogP contribution in [0.2, 0.25) is 0 Å². The summed E-state index contributed by atoms with van der Waals surface area (Å²) < 4.78 is 3.37. The van der Waals surface area contributed by atoms with Crippen LogP contribution >= 0.6 is 11.8 Å². The standard InChI is InChI=1S/C25H27N5O2S/c1-4-15-29-23(32)20-7-5-6-8-21(20)30-24(29)27-28-25(30)33-16-22(31)26-14-13-18-9-11-19(12-10-18)17(2)3/h4-12,17H,1,13-16H2,2-3H3,(H,26,31). The SMILES string of the molecule is C=CCn1c(=O)c2ccccc2n2c(SCC(=O)NCCc3ccc(C(C)C)cc3)nnc12. The lowest BCUT2D eigenvalue weighted by molar-refractivity contribution is -0.118. The van der Waals surface area contributed by atoms with Gasteiger partial charge in [0.15, 0.2) is 5.16 Å². The van der Waals surface area contributed by atoms with Crippen LogP contribution in [0.5, 0.6) is 0 Å². The predicted molar refractivity (Wildman–Crippen MR) is 133 cm³/mol. The zero-order valence-electron chi connectivity index (χ0n) is 18.8. The van der Waals surface area contributed by atoms with Gasteiger partial charge in [-0.05, 0) is 35.6 Å². The van der Waals surface area contributed by atoms with Gasteiger partial charge in [0.05, 0.1) is 16.7 Å². The van der Waals surface area contributed by atoms with Gasteiger partial charge in [-0.1, -0.05) is 68.1 Å². The van der Waals surface area contributed by atoms with E-state index in [1.165, 1.54) is 27.5 Å². The van der Waals surface area contributed by atoms with Gasteiger partial charge in [0, 0.05) is 13.1 Å². The molecule has 33 heavy (non-hydrogen) atoms. The van der Waals surface area contributed by atoms with Crippen molar-refractivity contribution in [3.05, 3.63) is 82.7 Å². The second-order valence-electron chi connectivity index (χ2n) is 8.12. The summed E-state index contributed by atoms with van der Waals surface area (Å²) >= 11 is 1.30. The van der Waals surface area contributed by atoms with Gasteiger partial charge < -0.3 is 5.32 Å². The molecule has 2 aromatic heterocycles. The minimum atomic E-state index is -0.138. The fourth-order valence-electron chi connectivity index (χ4n) is 3.72. The molecular weight excluding hydrogens is 434 g/mol. The maximum absolute atomic E-state index is 12.9. The minimum absolute atomic E-state index is 0.0701. The maximum atomic E-state index is 12.9. The highest BCUT2D eigenvalue weighted by Gasteiger charge is 2.17. The van der Waals surface area contributed by atoms with Crippen molar-refractivity contribution >= 4 is 34.3 Å². The van der Waals surface area contributed by atoms with Gasteiger partial charge in [-0.15, -0.1) is 16.8 Å². The summed E-state index contributed by atoms with van der Waals surface area (Å²) in [6, 6.07) is 15.9. The number of carbonyl (C=O) groups is 1. The minimum Gasteiger partial charge on any atom is -0.355 e. The molecule has 2 aromatic carbocycles. The van der Waals surface area contributed by atoms with Crippen molar-refractivity contribution in [3.8, 4) is 0 Å². The first-order valence-electron chi connectivity index (χ1n) is 11.0. The van der Waals surface area contributed by atoms with Crippen LogP contribution in [0.3, 0.4) is 0 Å². The summed E-state index contributed by atoms with van der Waals surface area (Å²) in [6.45, 7) is 8.98. The third-order valence-electron chi connectivity index (χ3n) is 5.50. The molecule has 7 nitrogen and oxygen atoms in total. The number of rotatable bonds is 9. The van der Waals surface area contributed by atoms with Crippen LogP contribution in [0.1, 0.15) is 30.9 Å². The number of benzene rings is 2. The van der Waals surface area contributed by atoms with Crippen LogP contribution in [0, 0.1) is 0 Å². The lowest BCUT2D eigenvalue weighted by Gasteiger charge is -2.10. The van der Waals surface area contributed by atoms with E-state index >= 15 is 0 Å². The number of para-hydroxylation sites is 1. The Kier molecular flexibility index (Phi) is 6.93. The molecule has 4 rings (SSSR count). The number of hydrogen-bond donors (Lipinski definition) is 1. The average molecular weight is 462 g/mol. The highest BCUT2D eigenvalue weighted by atomic mass is 32.2. The summed E-state index contributed by atoms with van der Waals surface area (Å²) in [6.07, 6.45) is 2.43.